The number of hydrogen-bond donors (Lipinski definition) is 0. The van der Waals surface area contributed by atoms with Crippen molar-refractivity contribution in [3.8, 4) is 6.07 Å². The van der Waals surface area contributed by atoms with Crippen LogP contribution in [-0.2, 0) is 0 Å². The molecule has 3 aromatic carbocycles. The number of hydrogen-bond acceptors (Lipinski definition) is 2. The van der Waals surface area contributed by atoms with Crippen LogP contribution in [0.15, 0.2) is 66.7 Å². The minimum atomic E-state index is -0.0963. The van der Waals surface area contributed by atoms with Crippen LogP contribution in [0.1, 0.15) is 22.8 Å². The van der Waals surface area contributed by atoms with Gasteiger partial charge in [0, 0.05) is 17.5 Å². The molecule has 0 bridgehead atoms. The molecule has 0 N–H and O–H groups in total. The predicted molar refractivity (Wildman–Crippen MR) is 92.5 cm³/mol. The maximum Gasteiger partial charge on any atom is 0.258 e. The fourth-order valence-corrected chi connectivity index (χ4v) is 2.74. The summed E-state index contributed by atoms with van der Waals surface area (Å²) in [6.07, 6.45) is 0. The summed E-state index contributed by atoms with van der Waals surface area (Å²) >= 11 is 0. The van der Waals surface area contributed by atoms with Gasteiger partial charge in [0.25, 0.3) is 5.91 Å². The summed E-state index contributed by atoms with van der Waals surface area (Å²) in [5, 5.41) is 11.2. The zero-order valence-electron chi connectivity index (χ0n) is 12.9. The second-order valence-corrected chi connectivity index (χ2v) is 5.24. The van der Waals surface area contributed by atoms with Gasteiger partial charge in [0.2, 0.25) is 0 Å². The van der Waals surface area contributed by atoms with Gasteiger partial charge in [0.1, 0.15) is 0 Å². The van der Waals surface area contributed by atoms with E-state index >= 15 is 0 Å². The third kappa shape index (κ3) is 2.79. The molecule has 3 aromatic rings. The highest BCUT2D eigenvalue weighted by molar-refractivity contribution is 6.10. The fourth-order valence-electron chi connectivity index (χ4n) is 2.74. The van der Waals surface area contributed by atoms with Gasteiger partial charge in [-0.3, -0.25) is 4.79 Å². The van der Waals surface area contributed by atoms with E-state index in [2.05, 4.69) is 6.07 Å². The van der Waals surface area contributed by atoms with E-state index < -0.39 is 0 Å². The van der Waals surface area contributed by atoms with Gasteiger partial charge in [0.15, 0.2) is 0 Å². The van der Waals surface area contributed by atoms with Crippen molar-refractivity contribution in [3.05, 3.63) is 77.9 Å². The zero-order valence-corrected chi connectivity index (χ0v) is 12.9. The summed E-state index contributed by atoms with van der Waals surface area (Å²) in [4.78, 5) is 14.7. The van der Waals surface area contributed by atoms with Crippen molar-refractivity contribution < 1.29 is 4.79 Å². The van der Waals surface area contributed by atoms with E-state index in [1.54, 1.807) is 29.2 Å². The molecule has 0 radical (unpaired) electrons. The molecular formula is C20H16N2O. The van der Waals surface area contributed by atoms with Crippen molar-refractivity contribution in [2.75, 3.05) is 11.4 Å². The summed E-state index contributed by atoms with van der Waals surface area (Å²) < 4.78 is 0. The van der Waals surface area contributed by atoms with Gasteiger partial charge >= 0.3 is 0 Å². The van der Waals surface area contributed by atoms with Crippen LogP contribution < -0.4 is 4.90 Å². The van der Waals surface area contributed by atoms with E-state index in [4.69, 9.17) is 5.26 Å². The SMILES string of the molecule is CCN(C(=O)c1cccc(C#N)c1)c1cccc2ccccc12. The van der Waals surface area contributed by atoms with Crippen molar-refractivity contribution in [1.29, 1.82) is 5.26 Å². The second-order valence-electron chi connectivity index (χ2n) is 5.24. The number of nitriles is 1. The van der Waals surface area contributed by atoms with E-state index in [9.17, 15) is 4.79 Å². The first kappa shape index (κ1) is 14.8. The molecule has 0 unspecified atom stereocenters. The molecule has 0 saturated carbocycles. The van der Waals surface area contributed by atoms with Crippen molar-refractivity contribution >= 4 is 22.4 Å². The molecule has 1 amide bonds. The average molecular weight is 300 g/mol. The Bertz CT molecular complexity index is 903. The van der Waals surface area contributed by atoms with Gasteiger partial charge in [-0.2, -0.15) is 5.26 Å². The first-order valence-electron chi connectivity index (χ1n) is 7.54. The lowest BCUT2D eigenvalue weighted by Gasteiger charge is -2.23. The van der Waals surface area contributed by atoms with Crippen molar-refractivity contribution in [2.24, 2.45) is 0 Å². The number of carbonyl (C=O) groups is 1. The van der Waals surface area contributed by atoms with Crippen LogP contribution in [0, 0.1) is 11.3 Å². The lowest BCUT2D eigenvalue weighted by Crippen LogP contribution is -2.30. The zero-order chi connectivity index (χ0) is 16.2. The number of amides is 1. The Morgan fingerprint density at radius 1 is 1.04 bits per heavy atom. The summed E-state index contributed by atoms with van der Waals surface area (Å²) in [5.41, 5.74) is 1.90. The van der Waals surface area contributed by atoms with Gasteiger partial charge in [-0.05, 0) is 36.6 Å². The van der Waals surface area contributed by atoms with E-state index in [0.29, 0.717) is 17.7 Å². The van der Waals surface area contributed by atoms with Crippen LogP contribution in [0.25, 0.3) is 10.8 Å². The Kier molecular flexibility index (Phi) is 4.07. The van der Waals surface area contributed by atoms with Crippen molar-refractivity contribution in [2.45, 2.75) is 6.92 Å². The predicted octanol–water partition coefficient (Wildman–Crippen LogP) is 4.38. The van der Waals surface area contributed by atoms with E-state index in [1.165, 1.54) is 0 Å². The van der Waals surface area contributed by atoms with Crippen molar-refractivity contribution in [1.82, 2.24) is 0 Å². The van der Waals surface area contributed by atoms with Gasteiger partial charge in [-0.15, -0.1) is 0 Å². The van der Waals surface area contributed by atoms with Crippen LogP contribution >= 0.6 is 0 Å². The molecule has 0 aromatic heterocycles. The number of nitrogens with zero attached hydrogens (tertiary/aromatic N) is 2. The number of carbonyl (C=O) groups excluding carboxylic acids is 1. The van der Waals surface area contributed by atoms with Crippen LogP contribution in [0.2, 0.25) is 0 Å². The lowest BCUT2D eigenvalue weighted by atomic mass is 10.1. The van der Waals surface area contributed by atoms with Gasteiger partial charge in [-0.1, -0.05) is 42.5 Å². The van der Waals surface area contributed by atoms with E-state index in [0.717, 1.165) is 16.5 Å². The molecule has 0 aliphatic rings. The van der Waals surface area contributed by atoms with Crippen LogP contribution in [0.5, 0.6) is 0 Å². The molecule has 0 spiro atoms. The Balaban J connectivity index is 2.08. The lowest BCUT2D eigenvalue weighted by molar-refractivity contribution is 0.0988. The van der Waals surface area contributed by atoms with Gasteiger partial charge in [-0.25, -0.2) is 0 Å². The summed E-state index contributed by atoms with van der Waals surface area (Å²) in [6, 6.07) is 22.9. The number of anilines is 1. The third-order valence-electron chi connectivity index (χ3n) is 3.86. The Morgan fingerprint density at radius 2 is 1.78 bits per heavy atom. The molecule has 0 atom stereocenters. The molecule has 0 saturated heterocycles. The number of benzene rings is 3. The Morgan fingerprint density at radius 3 is 2.57 bits per heavy atom. The molecule has 0 aliphatic heterocycles. The molecule has 112 valence electrons. The largest absolute Gasteiger partial charge is 0.308 e. The standard InChI is InChI=1S/C20H16N2O/c1-2-22(20(23)17-10-5-7-15(13-17)14-21)19-12-6-9-16-8-3-4-11-18(16)19/h3-13H,2H2,1H3. The monoisotopic (exact) mass is 300 g/mol. The molecule has 0 fully saturated rings. The molecule has 3 heteroatoms. The van der Waals surface area contributed by atoms with Gasteiger partial charge < -0.3 is 4.90 Å². The average Bonchev–Trinajstić information content (AvgIpc) is 2.62. The minimum absolute atomic E-state index is 0.0963. The van der Waals surface area contributed by atoms with Crippen LogP contribution in [0.4, 0.5) is 5.69 Å². The first-order chi connectivity index (χ1) is 11.2. The molecule has 3 nitrogen and oxygen atoms in total. The normalized spacial score (nSPS) is 10.3. The van der Waals surface area contributed by atoms with Crippen LogP contribution in [-0.4, -0.2) is 12.5 Å². The third-order valence-corrected chi connectivity index (χ3v) is 3.86. The maximum atomic E-state index is 12.9. The topological polar surface area (TPSA) is 44.1 Å². The molecule has 0 heterocycles. The quantitative estimate of drug-likeness (QED) is 0.720. The van der Waals surface area contributed by atoms with Crippen molar-refractivity contribution in [3.63, 3.8) is 0 Å². The summed E-state index contributed by atoms with van der Waals surface area (Å²) in [5.74, 6) is -0.0963. The highest BCUT2D eigenvalue weighted by Gasteiger charge is 2.18. The minimum Gasteiger partial charge on any atom is -0.308 e. The van der Waals surface area contributed by atoms with E-state index in [-0.39, 0.29) is 5.91 Å². The summed E-state index contributed by atoms with van der Waals surface area (Å²) in [7, 11) is 0. The Hall–Kier alpha value is -3.12. The van der Waals surface area contributed by atoms with E-state index in [1.807, 2.05) is 49.4 Å². The highest BCUT2D eigenvalue weighted by Crippen LogP contribution is 2.27. The molecule has 0 aliphatic carbocycles. The fraction of sp³-hybridized carbons (Fsp3) is 0.100. The molecular weight excluding hydrogens is 284 g/mol. The second kappa shape index (κ2) is 6.33. The number of rotatable bonds is 3. The molecule has 23 heavy (non-hydrogen) atoms. The van der Waals surface area contributed by atoms with Crippen LogP contribution in [0.3, 0.4) is 0 Å². The number of fused-ring (bicyclic) bond motifs is 1. The highest BCUT2D eigenvalue weighted by atomic mass is 16.2. The Labute approximate surface area is 135 Å². The first-order valence-corrected chi connectivity index (χ1v) is 7.54. The maximum absolute atomic E-state index is 12.9. The smallest absolute Gasteiger partial charge is 0.258 e. The summed E-state index contributed by atoms with van der Waals surface area (Å²) in [6.45, 7) is 2.51. The van der Waals surface area contributed by atoms with Gasteiger partial charge in [0.05, 0.1) is 17.3 Å². The molecule has 3 rings (SSSR count).